The second-order valence-electron chi connectivity index (χ2n) is 2.56. The Morgan fingerprint density at radius 2 is 1.31 bits per heavy atom. The molecule has 1 atom stereocenters. The Bertz CT molecular complexity index is 222. The van der Waals surface area contributed by atoms with E-state index < -0.39 is 30.1 Å². The van der Waals surface area contributed by atoms with Crippen molar-refractivity contribution in [2.45, 2.75) is 19.0 Å². The first-order valence-corrected chi connectivity index (χ1v) is 2.99. The Kier molecular flexibility index (Phi) is 2.81. The van der Waals surface area contributed by atoms with E-state index in [4.69, 9.17) is 0 Å². The summed E-state index contributed by atoms with van der Waals surface area (Å²) in [6, 6.07) is 0. The van der Waals surface area contributed by atoms with E-state index in [0.29, 0.717) is 0 Å². The molecule has 0 rings (SSSR count). The van der Waals surface area contributed by atoms with Crippen LogP contribution in [0.25, 0.3) is 0 Å². The van der Waals surface area contributed by atoms with E-state index in [0.717, 1.165) is 0 Å². The molecule has 0 aromatic rings. The summed E-state index contributed by atoms with van der Waals surface area (Å²) in [5, 5.41) is 0. The SMILES string of the molecule is CC(C=O)(C(F)(F)F)C(F)(F)C=O. The first-order chi connectivity index (χ1) is 5.62. The predicted molar refractivity (Wildman–Crippen MR) is 31.2 cm³/mol. The number of alkyl halides is 5. The van der Waals surface area contributed by atoms with Crippen molar-refractivity contribution in [3.05, 3.63) is 0 Å². The molecule has 0 fully saturated rings. The lowest BCUT2D eigenvalue weighted by atomic mass is 9.85. The number of hydrogen-bond donors (Lipinski definition) is 0. The molecule has 0 saturated carbocycles. The van der Waals surface area contributed by atoms with Crippen molar-refractivity contribution >= 4 is 12.6 Å². The molecule has 2 nitrogen and oxygen atoms in total. The van der Waals surface area contributed by atoms with Crippen LogP contribution in [0.1, 0.15) is 6.92 Å². The molecule has 0 aliphatic carbocycles. The van der Waals surface area contributed by atoms with Crippen LogP contribution in [0.15, 0.2) is 0 Å². The van der Waals surface area contributed by atoms with Crippen LogP contribution >= 0.6 is 0 Å². The van der Waals surface area contributed by atoms with Gasteiger partial charge < -0.3 is 4.79 Å². The third kappa shape index (κ3) is 1.68. The summed E-state index contributed by atoms with van der Waals surface area (Å²) in [5.41, 5.74) is -3.96. The Labute approximate surface area is 69.7 Å². The first-order valence-electron chi connectivity index (χ1n) is 2.99. The fourth-order valence-electron chi connectivity index (χ4n) is 0.457. The molecule has 0 amide bonds. The standard InChI is InChI=1S/C6H5F5O2/c1-4(2-12,6(9,10)11)5(7,8)3-13/h2-3H,1H3. The van der Waals surface area contributed by atoms with Crippen molar-refractivity contribution in [2.75, 3.05) is 0 Å². The number of halogens is 5. The van der Waals surface area contributed by atoms with Gasteiger partial charge in [0.1, 0.15) is 6.29 Å². The first kappa shape index (κ1) is 12.0. The average molecular weight is 204 g/mol. The number of rotatable bonds is 3. The van der Waals surface area contributed by atoms with Gasteiger partial charge in [0, 0.05) is 0 Å². The topological polar surface area (TPSA) is 34.1 Å². The molecule has 0 spiro atoms. The van der Waals surface area contributed by atoms with E-state index in [1.54, 1.807) is 0 Å². The highest BCUT2D eigenvalue weighted by Crippen LogP contribution is 2.46. The molecule has 0 heterocycles. The molecule has 0 aliphatic rings. The summed E-state index contributed by atoms with van der Waals surface area (Å²) in [4.78, 5) is 19.6. The second kappa shape index (κ2) is 3.04. The lowest BCUT2D eigenvalue weighted by Crippen LogP contribution is -2.52. The van der Waals surface area contributed by atoms with Gasteiger partial charge in [-0.25, -0.2) is 0 Å². The number of aldehydes is 2. The van der Waals surface area contributed by atoms with Gasteiger partial charge in [0.25, 0.3) is 0 Å². The van der Waals surface area contributed by atoms with Crippen molar-refractivity contribution in [1.82, 2.24) is 0 Å². The molecule has 0 aromatic carbocycles. The molecule has 1 unspecified atom stereocenters. The number of hydrogen-bond acceptors (Lipinski definition) is 2. The molecule has 7 heteroatoms. The highest BCUT2D eigenvalue weighted by Gasteiger charge is 2.66. The summed E-state index contributed by atoms with van der Waals surface area (Å²) < 4.78 is 60.5. The summed E-state index contributed by atoms with van der Waals surface area (Å²) in [5.74, 6) is -4.74. The van der Waals surface area contributed by atoms with Gasteiger partial charge >= 0.3 is 12.1 Å². The van der Waals surface area contributed by atoms with Gasteiger partial charge in [-0.1, -0.05) is 0 Å². The molecule has 0 saturated heterocycles. The fourth-order valence-corrected chi connectivity index (χ4v) is 0.457. The van der Waals surface area contributed by atoms with E-state index in [9.17, 15) is 31.5 Å². The molecule has 0 bridgehead atoms. The van der Waals surface area contributed by atoms with E-state index in [1.807, 2.05) is 0 Å². The van der Waals surface area contributed by atoms with Gasteiger partial charge in [0.2, 0.25) is 0 Å². The smallest absolute Gasteiger partial charge is 0.302 e. The molecule has 13 heavy (non-hydrogen) atoms. The van der Waals surface area contributed by atoms with Gasteiger partial charge in [0.05, 0.1) is 0 Å². The van der Waals surface area contributed by atoms with Gasteiger partial charge in [-0.2, -0.15) is 22.0 Å². The van der Waals surface area contributed by atoms with Crippen LogP contribution in [0.5, 0.6) is 0 Å². The maximum absolute atomic E-state index is 12.4. The minimum atomic E-state index is -5.46. The third-order valence-corrected chi connectivity index (χ3v) is 1.67. The van der Waals surface area contributed by atoms with Crippen molar-refractivity contribution < 1.29 is 31.5 Å². The van der Waals surface area contributed by atoms with Gasteiger partial charge in [0.15, 0.2) is 11.7 Å². The Balaban J connectivity index is 5.30. The molecule has 76 valence electrons. The zero-order valence-electron chi connectivity index (χ0n) is 6.36. The number of carbonyl (C=O) groups is 2. The normalized spacial score (nSPS) is 17.7. The monoisotopic (exact) mass is 204 g/mol. The van der Waals surface area contributed by atoms with Crippen LogP contribution in [0.2, 0.25) is 0 Å². The molecule has 0 N–H and O–H groups in total. The van der Waals surface area contributed by atoms with Crippen LogP contribution in [-0.2, 0) is 9.59 Å². The number of carbonyl (C=O) groups excluding carboxylic acids is 2. The largest absolute Gasteiger partial charge is 0.407 e. The summed E-state index contributed by atoms with van der Waals surface area (Å²) in [6.45, 7) is -0.0333. The molecular weight excluding hydrogens is 199 g/mol. The van der Waals surface area contributed by atoms with Gasteiger partial charge in [-0.3, -0.25) is 4.79 Å². The van der Waals surface area contributed by atoms with Crippen molar-refractivity contribution in [3.63, 3.8) is 0 Å². The van der Waals surface area contributed by atoms with Crippen LogP contribution in [-0.4, -0.2) is 24.7 Å². The van der Waals surface area contributed by atoms with E-state index in [2.05, 4.69) is 0 Å². The lowest BCUT2D eigenvalue weighted by molar-refractivity contribution is -0.263. The van der Waals surface area contributed by atoms with Crippen LogP contribution < -0.4 is 0 Å². The van der Waals surface area contributed by atoms with Crippen molar-refractivity contribution in [3.8, 4) is 0 Å². The Morgan fingerprint density at radius 3 is 1.38 bits per heavy atom. The third-order valence-electron chi connectivity index (χ3n) is 1.67. The summed E-state index contributed by atoms with van der Waals surface area (Å²) >= 11 is 0. The van der Waals surface area contributed by atoms with Crippen LogP contribution in [0.4, 0.5) is 22.0 Å². The minimum absolute atomic E-state index is 0.0333. The zero-order valence-corrected chi connectivity index (χ0v) is 6.36. The van der Waals surface area contributed by atoms with Crippen LogP contribution in [0.3, 0.4) is 0 Å². The second-order valence-corrected chi connectivity index (χ2v) is 2.56. The highest BCUT2D eigenvalue weighted by molar-refractivity contribution is 5.74. The van der Waals surface area contributed by atoms with Gasteiger partial charge in [-0.15, -0.1) is 0 Å². The maximum Gasteiger partial charge on any atom is 0.407 e. The predicted octanol–water partition coefficient (Wildman–Crippen LogP) is 1.59. The van der Waals surface area contributed by atoms with Crippen molar-refractivity contribution in [2.24, 2.45) is 5.41 Å². The van der Waals surface area contributed by atoms with Crippen molar-refractivity contribution in [1.29, 1.82) is 0 Å². The summed E-state index contributed by atoms with van der Waals surface area (Å²) in [7, 11) is 0. The van der Waals surface area contributed by atoms with E-state index in [1.165, 1.54) is 0 Å². The fraction of sp³-hybridized carbons (Fsp3) is 0.667. The zero-order chi connectivity index (χ0) is 10.9. The average Bonchev–Trinajstić information content (AvgIpc) is 2.00. The summed E-state index contributed by atoms with van der Waals surface area (Å²) in [6.07, 6.45) is -7.62. The maximum atomic E-state index is 12.4. The minimum Gasteiger partial charge on any atom is -0.302 e. The lowest BCUT2D eigenvalue weighted by Gasteiger charge is -2.30. The van der Waals surface area contributed by atoms with E-state index in [-0.39, 0.29) is 6.92 Å². The van der Waals surface area contributed by atoms with E-state index >= 15 is 0 Å². The molecule has 0 radical (unpaired) electrons. The molecule has 0 aliphatic heterocycles. The molecule has 0 aromatic heterocycles. The Hall–Kier alpha value is -1.01. The van der Waals surface area contributed by atoms with Gasteiger partial charge in [-0.05, 0) is 6.92 Å². The van der Waals surface area contributed by atoms with Crippen LogP contribution in [0, 0.1) is 5.41 Å². The quantitative estimate of drug-likeness (QED) is 0.516. The highest BCUT2D eigenvalue weighted by atomic mass is 19.4. The molecular formula is C6H5F5O2. The Morgan fingerprint density at radius 1 is 0.923 bits per heavy atom.